The molecule has 96 valence electrons. The van der Waals surface area contributed by atoms with Crippen molar-refractivity contribution < 1.29 is 4.42 Å². The normalized spacial score (nSPS) is 10.8. The van der Waals surface area contributed by atoms with Crippen LogP contribution in [0.15, 0.2) is 45.3 Å². The van der Waals surface area contributed by atoms with Gasteiger partial charge in [-0.05, 0) is 52.7 Å². The Bertz CT molecular complexity index is 752. The molecule has 0 amide bonds. The second kappa shape index (κ2) is 4.59. The van der Waals surface area contributed by atoms with Crippen molar-refractivity contribution in [3.63, 3.8) is 0 Å². The van der Waals surface area contributed by atoms with Crippen LogP contribution in [-0.4, -0.2) is 4.98 Å². The molecule has 1 heterocycles. The molecule has 3 aromatic rings. The van der Waals surface area contributed by atoms with Gasteiger partial charge in [0.25, 0.3) is 6.01 Å². The number of nitrogens with one attached hydrogen (secondary N) is 1. The molecular formula is C14H12BrN3O. The number of benzene rings is 2. The van der Waals surface area contributed by atoms with Crippen LogP contribution in [0.5, 0.6) is 0 Å². The van der Waals surface area contributed by atoms with E-state index in [-0.39, 0.29) is 0 Å². The minimum atomic E-state index is 0.449. The maximum atomic E-state index is 5.71. The highest BCUT2D eigenvalue weighted by atomic mass is 79.9. The largest absolute Gasteiger partial charge is 0.423 e. The van der Waals surface area contributed by atoms with Gasteiger partial charge in [-0.3, -0.25) is 0 Å². The van der Waals surface area contributed by atoms with Crippen molar-refractivity contribution in [3.8, 4) is 0 Å². The van der Waals surface area contributed by atoms with E-state index in [0.29, 0.717) is 17.3 Å². The number of aromatic nitrogens is 1. The van der Waals surface area contributed by atoms with Crippen molar-refractivity contribution in [2.24, 2.45) is 0 Å². The number of oxazole rings is 1. The summed E-state index contributed by atoms with van der Waals surface area (Å²) < 4.78 is 6.58. The van der Waals surface area contributed by atoms with Crippen molar-refractivity contribution in [3.05, 3.63) is 46.4 Å². The molecule has 0 saturated heterocycles. The van der Waals surface area contributed by atoms with Crippen LogP contribution in [0.25, 0.3) is 11.1 Å². The standard InChI is InChI=1S/C14H12BrN3O/c1-8-2-4-11(10(15)6-8)17-14-18-12-5-3-9(16)7-13(12)19-14/h2-7H,16H2,1H3,(H,17,18). The zero-order valence-electron chi connectivity index (χ0n) is 10.3. The highest BCUT2D eigenvalue weighted by molar-refractivity contribution is 9.10. The van der Waals surface area contributed by atoms with Gasteiger partial charge in [-0.1, -0.05) is 6.07 Å². The zero-order valence-corrected chi connectivity index (χ0v) is 11.9. The number of fused-ring (bicyclic) bond motifs is 1. The molecule has 19 heavy (non-hydrogen) atoms. The summed E-state index contributed by atoms with van der Waals surface area (Å²) in [5, 5.41) is 3.14. The molecule has 0 spiro atoms. The lowest BCUT2D eigenvalue weighted by Crippen LogP contribution is -1.91. The van der Waals surface area contributed by atoms with E-state index >= 15 is 0 Å². The second-order valence-electron chi connectivity index (χ2n) is 4.35. The lowest BCUT2D eigenvalue weighted by Gasteiger charge is -2.04. The fraction of sp³-hybridized carbons (Fsp3) is 0.0714. The molecule has 0 saturated carbocycles. The lowest BCUT2D eigenvalue weighted by atomic mass is 10.2. The first-order valence-electron chi connectivity index (χ1n) is 5.81. The number of nitrogen functional groups attached to an aromatic ring is 1. The third kappa shape index (κ3) is 2.42. The van der Waals surface area contributed by atoms with Gasteiger partial charge in [0.1, 0.15) is 5.52 Å². The molecule has 3 rings (SSSR count). The number of rotatable bonds is 2. The van der Waals surface area contributed by atoms with Gasteiger partial charge >= 0.3 is 0 Å². The van der Waals surface area contributed by atoms with Crippen molar-refractivity contribution in [2.75, 3.05) is 11.1 Å². The highest BCUT2D eigenvalue weighted by Gasteiger charge is 2.08. The maximum absolute atomic E-state index is 5.71. The summed E-state index contributed by atoms with van der Waals surface area (Å²) in [7, 11) is 0. The Kier molecular flexibility index (Phi) is 2.91. The maximum Gasteiger partial charge on any atom is 0.300 e. The first-order chi connectivity index (χ1) is 9.11. The molecule has 0 aliphatic heterocycles. The van der Waals surface area contributed by atoms with Crippen LogP contribution >= 0.6 is 15.9 Å². The van der Waals surface area contributed by atoms with Gasteiger partial charge in [-0.25, -0.2) is 0 Å². The number of anilines is 3. The third-order valence-electron chi connectivity index (χ3n) is 2.78. The quantitative estimate of drug-likeness (QED) is 0.694. The lowest BCUT2D eigenvalue weighted by molar-refractivity contribution is 0.623. The van der Waals surface area contributed by atoms with Gasteiger partial charge in [-0.2, -0.15) is 4.98 Å². The minimum absolute atomic E-state index is 0.449. The van der Waals surface area contributed by atoms with E-state index in [1.807, 2.05) is 31.2 Å². The minimum Gasteiger partial charge on any atom is -0.423 e. The van der Waals surface area contributed by atoms with E-state index in [4.69, 9.17) is 10.2 Å². The SMILES string of the molecule is Cc1ccc(Nc2nc3ccc(N)cc3o2)c(Br)c1. The summed E-state index contributed by atoms with van der Waals surface area (Å²) >= 11 is 3.51. The van der Waals surface area contributed by atoms with E-state index in [9.17, 15) is 0 Å². The molecule has 2 aromatic carbocycles. The zero-order chi connectivity index (χ0) is 13.4. The predicted octanol–water partition coefficient (Wildman–Crippen LogP) is 4.22. The summed E-state index contributed by atoms with van der Waals surface area (Å²) in [6.45, 7) is 2.04. The van der Waals surface area contributed by atoms with E-state index in [0.717, 1.165) is 15.7 Å². The van der Waals surface area contributed by atoms with Crippen LogP contribution in [0, 0.1) is 6.92 Å². The smallest absolute Gasteiger partial charge is 0.300 e. The van der Waals surface area contributed by atoms with Gasteiger partial charge in [0, 0.05) is 16.2 Å². The molecule has 0 bridgehead atoms. The van der Waals surface area contributed by atoms with E-state index < -0.39 is 0 Å². The van der Waals surface area contributed by atoms with Crippen molar-refractivity contribution in [2.45, 2.75) is 6.92 Å². The van der Waals surface area contributed by atoms with Crippen LogP contribution in [0.3, 0.4) is 0 Å². The summed E-state index contributed by atoms with van der Waals surface area (Å²) in [6, 6.07) is 11.9. The van der Waals surface area contributed by atoms with Crippen LogP contribution in [0.4, 0.5) is 17.4 Å². The Morgan fingerprint density at radius 2 is 2.05 bits per heavy atom. The number of hydrogen-bond acceptors (Lipinski definition) is 4. The molecule has 0 fully saturated rings. The average molecular weight is 318 g/mol. The Balaban J connectivity index is 1.96. The van der Waals surface area contributed by atoms with Crippen LogP contribution < -0.4 is 11.1 Å². The molecule has 0 radical (unpaired) electrons. The summed E-state index contributed by atoms with van der Waals surface area (Å²) in [4.78, 5) is 4.36. The van der Waals surface area contributed by atoms with E-state index in [1.54, 1.807) is 12.1 Å². The van der Waals surface area contributed by atoms with Gasteiger partial charge in [0.05, 0.1) is 5.69 Å². The highest BCUT2D eigenvalue weighted by Crippen LogP contribution is 2.28. The van der Waals surface area contributed by atoms with Gasteiger partial charge < -0.3 is 15.5 Å². The Morgan fingerprint density at radius 3 is 2.84 bits per heavy atom. The summed E-state index contributed by atoms with van der Waals surface area (Å²) in [5.74, 6) is 0. The van der Waals surface area contributed by atoms with Gasteiger partial charge in [0.15, 0.2) is 5.58 Å². The number of hydrogen-bond donors (Lipinski definition) is 2. The predicted molar refractivity (Wildman–Crippen MR) is 80.6 cm³/mol. The van der Waals surface area contributed by atoms with E-state index in [2.05, 4.69) is 26.2 Å². The molecule has 0 atom stereocenters. The topological polar surface area (TPSA) is 64.1 Å². The first kappa shape index (κ1) is 12.0. The monoisotopic (exact) mass is 317 g/mol. The Hall–Kier alpha value is -2.01. The van der Waals surface area contributed by atoms with Gasteiger partial charge in [-0.15, -0.1) is 0 Å². The molecule has 1 aromatic heterocycles. The number of nitrogens with zero attached hydrogens (tertiary/aromatic N) is 1. The van der Waals surface area contributed by atoms with Crippen molar-refractivity contribution in [1.29, 1.82) is 0 Å². The van der Waals surface area contributed by atoms with Crippen LogP contribution in [-0.2, 0) is 0 Å². The fourth-order valence-corrected chi connectivity index (χ4v) is 2.42. The molecule has 5 heteroatoms. The summed E-state index contributed by atoms with van der Waals surface area (Å²) in [6.07, 6.45) is 0. The Labute approximate surface area is 118 Å². The fourth-order valence-electron chi connectivity index (χ4n) is 1.83. The van der Waals surface area contributed by atoms with Crippen molar-refractivity contribution >= 4 is 44.4 Å². The van der Waals surface area contributed by atoms with Gasteiger partial charge in [0.2, 0.25) is 0 Å². The molecule has 3 N–H and O–H groups in total. The first-order valence-corrected chi connectivity index (χ1v) is 6.60. The second-order valence-corrected chi connectivity index (χ2v) is 5.21. The van der Waals surface area contributed by atoms with Crippen LogP contribution in [0.2, 0.25) is 0 Å². The number of halogens is 1. The molecular weight excluding hydrogens is 306 g/mol. The molecule has 0 aliphatic rings. The Morgan fingerprint density at radius 1 is 1.21 bits per heavy atom. The molecule has 4 nitrogen and oxygen atoms in total. The number of nitrogens with two attached hydrogens (primary N) is 1. The average Bonchev–Trinajstić information content (AvgIpc) is 2.74. The van der Waals surface area contributed by atoms with Crippen molar-refractivity contribution in [1.82, 2.24) is 4.98 Å². The molecule has 0 aliphatic carbocycles. The summed E-state index contributed by atoms with van der Waals surface area (Å²) in [5.41, 5.74) is 9.91. The van der Waals surface area contributed by atoms with Crippen LogP contribution in [0.1, 0.15) is 5.56 Å². The number of aryl methyl sites for hydroxylation is 1. The van der Waals surface area contributed by atoms with E-state index in [1.165, 1.54) is 5.56 Å². The third-order valence-corrected chi connectivity index (χ3v) is 3.43. The molecule has 0 unspecified atom stereocenters.